The molecule has 25 atom stereocenters. The number of aliphatic hydroxyl groups excluding tert-OH is 16. The van der Waals surface area contributed by atoms with Crippen molar-refractivity contribution in [2.45, 2.75) is 160 Å². The first-order chi connectivity index (χ1) is 39.1. The summed E-state index contributed by atoms with van der Waals surface area (Å²) in [6, 6.07) is 8.75. The molecule has 0 amide bonds. The van der Waals surface area contributed by atoms with Crippen LogP contribution >= 0.6 is 0 Å². The minimum absolute atomic E-state index is 0.0460. The van der Waals surface area contributed by atoms with Crippen molar-refractivity contribution in [3.05, 3.63) is 59.7 Å². The molecule has 5 aliphatic rings. The van der Waals surface area contributed by atoms with E-state index in [1.165, 1.54) is 68.9 Å². The maximum atomic E-state index is 12.6. The van der Waals surface area contributed by atoms with Crippen molar-refractivity contribution in [1.82, 2.24) is 0 Å². The molecule has 0 aromatic heterocycles. The van der Waals surface area contributed by atoms with Crippen LogP contribution < -0.4 is 14.2 Å². The molecular weight excluding hydrogens is 1110 g/mol. The highest BCUT2D eigenvalue weighted by Gasteiger charge is 2.56. The van der Waals surface area contributed by atoms with E-state index in [0.717, 1.165) is 0 Å². The largest absolute Gasteiger partial charge is 0.504 e. The lowest BCUT2D eigenvalue weighted by atomic mass is 9.95. The first kappa shape index (κ1) is 65.0. The van der Waals surface area contributed by atoms with Crippen LogP contribution in [0.5, 0.6) is 23.0 Å². The van der Waals surface area contributed by atoms with E-state index in [9.17, 15) is 96.4 Å². The average molecular weight is 1180 g/mol. The molecule has 17 N–H and O–H groups in total. The van der Waals surface area contributed by atoms with E-state index in [0.29, 0.717) is 11.1 Å². The molecule has 2 aromatic rings. The van der Waals surface area contributed by atoms with Crippen LogP contribution in [0.1, 0.15) is 17.5 Å². The third-order valence-electron chi connectivity index (χ3n) is 14.2. The highest BCUT2D eigenvalue weighted by Crippen LogP contribution is 2.38. The number of ether oxygens (including phenoxy) is 12. The van der Waals surface area contributed by atoms with E-state index >= 15 is 0 Å². The lowest BCUT2D eigenvalue weighted by molar-refractivity contribution is -0.392. The number of aromatic hydroxyl groups is 1. The summed E-state index contributed by atoms with van der Waals surface area (Å²) in [7, 11) is 2.66. The summed E-state index contributed by atoms with van der Waals surface area (Å²) in [5.74, 6) is -0.908. The van der Waals surface area contributed by atoms with Crippen LogP contribution in [0.4, 0.5) is 0 Å². The van der Waals surface area contributed by atoms with Crippen LogP contribution in [0.25, 0.3) is 12.2 Å². The lowest BCUT2D eigenvalue weighted by Gasteiger charge is -2.49. The van der Waals surface area contributed by atoms with Crippen LogP contribution in [0.3, 0.4) is 0 Å². The predicted molar refractivity (Wildman–Crippen MR) is 265 cm³/mol. The molecule has 5 saturated heterocycles. The molecule has 82 heavy (non-hydrogen) atoms. The summed E-state index contributed by atoms with van der Waals surface area (Å²) in [6.45, 7) is -4.71. The quantitative estimate of drug-likeness (QED) is 0.0363. The van der Waals surface area contributed by atoms with E-state index in [1.54, 1.807) is 6.07 Å². The van der Waals surface area contributed by atoms with Crippen LogP contribution in [0.15, 0.2) is 48.6 Å². The smallest absolute Gasteiger partial charge is 0.229 e. The number of hydrogen-bond acceptors (Lipinski definition) is 31. The summed E-state index contributed by atoms with van der Waals surface area (Å²) in [5, 5.41) is 181. The van der Waals surface area contributed by atoms with E-state index in [2.05, 4.69) is 0 Å². The molecule has 0 unspecified atom stereocenters. The second-order valence-corrected chi connectivity index (χ2v) is 19.7. The number of ketones is 2. The molecule has 0 radical (unpaired) electrons. The van der Waals surface area contributed by atoms with Gasteiger partial charge in [-0.15, -0.1) is 0 Å². The van der Waals surface area contributed by atoms with Crippen LogP contribution in [-0.2, 0) is 52.2 Å². The zero-order chi connectivity index (χ0) is 59.9. The van der Waals surface area contributed by atoms with Gasteiger partial charge in [-0.1, -0.05) is 24.3 Å². The van der Waals surface area contributed by atoms with Gasteiger partial charge >= 0.3 is 0 Å². The third kappa shape index (κ3) is 14.6. The van der Waals surface area contributed by atoms with Gasteiger partial charge in [0, 0.05) is 0 Å². The Labute approximate surface area is 466 Å². The summed E-state index contributed by atoms with van der Waals surface area (Å²) in [4.78, 5) is 25.1. The van der Waals surface area contributed by atoms with Gasteiger partial charge in [-0.25, -0.2) is 0 Å². The van der Waals surface area contributed by atoms with Gasteiger partial charge in [-0.2, -0.15) is 0 Å². The second-order valence-electron chi connectivity index (χ2n) is 19.7. The van der Waals surface area contributed by atoms with Crippen molar-refractivity contribution in [2.24, 2.45) is 0 Å². The van der Waals surface area contributed by atoms with Gasteiger partial charge in [0.15, 0.2) is 59.7 Å². The predicted octanol–water partition coefficient (Wildman–Crippen LogP) is -7.86. The SMILES string of the molecule is COc1cc(/C=C/C(=O)CC(=O)/C=C/c2ccc(O[C@@H]3O[C@H](CO)[C@@H](O[C@H]4O[C@H](CO)[C@@H](O[C@H]5O[C@H](CO)[C@@H](O[C@H]6O[C@H](CO)[C@@H](O[C@H]7O[C@H](CO)[C@@H](O)[C@H](O)[C@H]7O)[C@H](O)[C@H]6O)[C@H](O)[C@H]5O)[C@H](O)[C@H]4O)[C@H](O)[C@H]3O)c(OC)c2)ccc1O. The van der Waals surface area contributed by atoms with Crippen molar-refractivity contribution in [1.29, 1.82) is 0 Å². The van der Waals surface area contributed by atoms with Crippen molar-refractivity contribution < 1.29 is 153 Å². The molecule has 31 heteroatoms. The maximum absolute atomic E-state index is 12.6. The molecule has 2 aromatic carbocycles. The second kappa shape index (κ2) is 29.0. The zero-order valence-electron chi connectivity index (χ0n) is 43.8. The number of hydrogen-bond donors (Lipinski definition) is 17. The fraction of sp³-hybridized carbons (Fsp3) is 0.647. The number of methoxy groups -OCH3 is 2. The highest BCUT2D eigenvalue weighted by atomic mass is 16.8. The normalized spacial score (nSPS) is 40.0. The lowest BCUT2D eigenvalue weighted by Crippen LogP contribution is -2.68. The van der Waals surface area contributed by atoms with E-state index < -0.39 is 205 Å². The number of allylic oxidation sites excluding steroid dienone is 2. The summed E-state index contributed by atoms with van der Waals surface area (Å²) in [6.07, 6.45) is -42.1. The molecule has 5 fully saturated rings. The first-order valence-corrected chi connectivity index (χ1v) is 25.7. The molecular formula is C51H70O31. The Hall–Kier alpha value is -4.54. The fourth-order valence-corrected chi connectivity index (χ4v) is 9.59. The van der Waals surface area contributed by atoms with Crippen molar-refractivity contribution >= 4 is 23.7 Å². The number of carbonyl (C=O) groups is 2. The molecule has 31 nitrogen and oxygen atoms in total. The minimum atomic E-state index is -2.17. The molecule has 5 aliphatic heterocycles. The fourth-order valence-electron chi connectivity index (χ4n) is 9.59. The molecule has 0 bridgehead atoms. The van der Waals surface area contributed by atoms with Gasteiger partial charge in [0.2, 0.25) is 6.29 Å². The monoisotopic (exact) mass is 1180 g/mol. The Bertz CT molecular complexity index is 2440. The minimum Gasteiger partial charge on any atom is -0.504 e. The first-order valence-electron chi connectivity index (χ1n) is 25.7. The van der Waals surface area contributed by atoms with Crippen LogP contribution in [0.2, 0.25) is 0 Å². The third-order valence-corrected chi connectivity index (χ3v) is 14.2. The van der Waals surface area contributed by atoms with Crippen molar-refractivity contribution in [3.8, 4) is 23.0 Å². The van der Waals surface area contributed by atoms with E-state index in [-0.39, 0.29) is 23.0 Å². The number of aliphatic hydroxyl groups is 16. The number of phenolic OH excluding ortho intramolecular Hbond substituents is 1. The Morgan fingerprint density at radius 1 is 0.415 bits per heavy atom. The Kier molecular flexibility index (Phi) is 23.0. The van der Waals surface area contributed by atoms with Gasteiger partial charge in [-0.3, -0.25) is 9.59 Å². The maximum Gasteiger partial charge on any atom is 0.229 e. The molecule has 0 saturated carbocycles. The molecule has 7 rings (SSSR count). The summed E-state index contributed by atoms with van der Waals surface area (Å²) >= 11 is 0. The van der Waals surface area contributed by atoms with Gasteiger partial charge in [0.05, 0.1) is 53.7 Å². The molecule has 0 spiro atoms. The number of carbonyl (C=O) groups excluding carboxylic acids is 2. The van der Waals surface area contributed by atoms with Crippen LogP contribution in [-0.4, -0.2) is 299 Å². The average Bonchev–Trinajstić information content (AvgIpc) is 3.51. The van der Waals surface area contributed by atoms with Crippen molar-refractivity contribution in [3.63, 3.8) is 0 Å². The Balaban J connectivity index is 0.927. The summed E-state index contributed by atoms with van der Waals surface area (Å²) in [5.41, 5.74) is 0.962. The Morgan fingerprint density at radius 2 is 0.744 bits per heavy atom. The van der Waals surface area contributed by atoms with Gasteiger partial charge in [0.25, 0.3) is 0 Å². The molecule has 5 heterocycles. The zero-order valence-corrected chi connectivity index (χ0v) is 43.8. The highest BCUT2D eigenvalue weighted by molar-refractivity contribution is 6.10. The number of phenols is 1. The Morgan fingerprint density at radius 3 is 1.12 bits per heavy atom. The van der Waals surface area contributed by atoms with E-state index in [1.807, 2.05) is 0 Å². The topological polar surface area (TPSA) is 489 Å². The van der Waals surface area contributed by atoms with Crippen LogP contribution in [0, 0.1) is 0 Å². The summed E-state index contributed by atoms with van der Waals surface area (Å²) < 4.78 is 67.0. The van der Waals surface area contributed by atoms with Gasteiger partial charge in [0.1, 0.15) is 122 Å². The number of rotatable bonds is 23. The van der Waals surface area contributed by atoms with Crippen molar-refractivity contribution in [2.75, 3.05) is 47.3 Å². The molecule has 0 aliphatic carbocycles. The van der Waals surface area contributed by atoms with Gasteiger partial charge in [-0.05, 0) is 47.5 Å². The molecule has 460 valence electrons. The van der Waals surface area contributed by atoms with Gasteiger partial charge < -0.3 is 144 Å². The number of benzene rings is 2. The standard InChI is InChI=1S/C51H70O31/c1-71-25-11-19(5-9-23(25)59)3-7-21(57)13-22(58)8-4-20-6-10-24(26(12-20)72-2)73-47-39(67)34(62)43(28(15-53)75-47)80-49-41(69)36(64)45(30(17-55)77-49)82-51-42(70)37(65)46(31(18-56)78-51)81-50-40(68)35(63)44(29(16-54)76-50)79-48-38(66)33(61)32(60)27(14-52)74-48/h3-12,27-56,59-70H,13-18H2,1-2H3/b7-3+,8-4+/t27-,28-,29-,30-,31-,32-,33+,34-,35-,36-,37-,38-,39-,40-,41-,42-,43-,44-,45-,46-,47-,48-,49-,50-,51-/m1/s1. The van der Waals surface area contributed by atoms with E-state index in [4.69, 9.17) is 56.8 Å².